The number of para-hydroxylation sites is 1. The molecule has 5 heteroatoms. The van der Waals surface area contributed by atoms with E-state index in [0.29, 0.717) is 12.2 Å². The summed E-state index contributed by atoms with van der Waals surface area (Å²) in [5, 5.41) is 0.751. The van der Waals surface area contributed by atoms with Crippen LogP contribution in [-0.2, 0) is 13.6 Å². The highest BCUT2D eigenvalue weighted by atomic mass is 16.2. The molecule has 0 radical (unpaired) electrons. The van der Waals surface area contributed by atoms with E-state index in [2.05, 4.69) is 4.98 Å². The molecular formula is C23H19N3O2. The van der Waals surface area contributed by atoms with Crippen molar-refractivity contribution < 1.29 is 4.79 Å². The second kappa shape index (κ2) is 7.48. The van der Waals surface area contributed by atoms with Crippen molar-refractivity contribution in [2.24, 2.45) is 7.05 Å². The van der Waals surface area contributed by atoms with E-state index in [1.165, 1.54) is 4.57 Å². The first-order valence-corrected chi connectivity index (χ1v) is 9.01. The van der Waals surface area contributed by atoms with Gasteiger partial charge >= 0.3 is 0 Å². The molecule has 0 aliphatic rings. The van der Waals surface area contributed by atoms with Crippen molar-refractivity contribution in [2.45, 2.75) is 6.54 Å². The van der Waals surface area contributed by atoms with Crippen LogP contribution in [0, 0.1) is 0 Å². The van der Waals surface area contributed by atoms with Gasteiger partial charge in [0.05, 0.1) is 6.54 Å². The van der Waals surface area contributed by atoms with Crippen LogP contribution in [0.5, 0.6) is 0 Å². The van der Waals surface area contributed by atoms with Gasteiger partial charge in [0.1, 0.15) is 11.2 Å². The molecule has 28 heavy (non-hydrogen) atoms. The maximum absolute atomic E-state index is 13.5. The molecule has 0 saturated carbocycles. The van der Waals surface area contributed by atoms with E-state index in [1.54, 1.807) is 30.3 Å². The first-order valence-electron chi connectivity index (χ1n) is 9.01. The Morgan fingerprint density at radius 2 is 1.64 bits per heavy atom. The van der Waals surface area contributed by atoms with E-state index in [-0.39, 0.29) is 17.0 Å². The van der Waals surface area contributed by atoms with Gasteiger partial charge in [0.15, 0.2) is 0 Å². The lowest BCUT2D eigenvalue weighted by Gasteiger charge is -2.23. The molecule has 1 amide bonds. The van der Waals surface area contributed by atoms with Gasteiger partial charge in [-0.1, -0.05) is 48.5 Å². The van der Waals surface area contributed by atoms with Gasteiger partial charge in [-0.15, -0.1) is 0 Å². The quantitative estimate of drug-likeness (QED) is 0.550. The average Bonchev–Trinajstić information content (AvgIpc) is 2.75. The number of carbonyl (C=O) groups excluding carboxylic acids is 1. The van der Waals surface area contributed by atoms with Crippen LogP contribution in [0.1, 0.15) is 15.9 Å². The number of hydrogen-bond acceptors (Lipinski definition) is 3. The summed E-state index contributed by atoms with van der Waals surface area (Å²) in [5.41, 5.74) is 2.05. The number of rotatable bonds is 4. The minimum Gasteiger partial charge on any atom is -0.304 e. The zero-order valence-electron chi connectivity index (χ0n) is 15.4. The Morgan fingerprint density at radius 3 is 2.36 bits per heavy atom. The predicted molar refractivity (Wildman–Crippen MR) is 110 cm³/mol. The SMILES string of the molecule is Cn1c(=O)c(C(=O)N(Cc2ccccc2)c2ccccc2)cc2cccnc21. The Balaban J connectivity index is 1.83. The van der Waals surface area contributed by atoms with Crippen LogP contribution < -0.4 is 10.5 Å². The van der Waals surface area contributed by atoms with Gasteiger partial charge in [-0.2, -0.15) is 0 Å². The maximum Gasteiger partial charge on any atom is 0.264 e. The first-order chi connectivity index (χ1) is 13.6. The number of carbonyl (C=O) groups is 1. The first kappa shape index (κ1) is 17.7. The van der Waals surface area contributed by atoms with Gasteiger partial charge in [0.25, 0.3) is 11.5 Å². The smallest absolute Gasteiger partial charge is 0.264 e. The fourth-order valence-corrected chi connectivity index (χ4v) is 3.25. The number of hydrogen-bond donors (Lipinski definition) is 0. The maximum atomic E-state index is 13.5. The number of aromatic nitrogens is 2. The number of fused-ring (bicyclic) bond motifs is 1. The largest absolute Gasteiger partial charge is 0.304 e. The Kier molecular flexibility index (Phi) is 4.72. The summed E-state index contributed by atoms with van der Waals surface area (Å²) >= 11 is 0. The molecule has 4 rings (SSSR count). The molecule has 0 aliphatic heterocycles. The van der Waals surface area contributed by atoms with E-state index in [0.717, 1.165) is 16.6 Å². The molecule has 4 aromatic rings. The number of pyridine rings is 2. The van der Waals surface area contributed by atoms with Crippen molar-refractivity contribution in [3.63, 3.8) is 0 Å². The van der Waals surface area contributed by atoms with Gasteiger partial charge < -0.3 is 4.90 Å². The van der Waals surface area contributed by atoms with Crippen molar-refractivity contribution >= 4 is 22.6 Å². The minimum absolute atomic E-state index is 0.128. The van der Waals surface area contributed by atoms with Gasteiger partial charge in [-0.25, -0.2) is 4.98 Å². The van der Waals surface area contributed by atoms with Crippen molar-refractivity contribution in [1.82, 2.24) is 9.55 Å². The van der Waals surface area contributed by atoms with Gasteiger partial charge in [0.2, 0.25) is 0 Å². The standard InChI is InChI=1S/C23H19N3O2/c1-25-21-18(11-8-14-24-21)15-20(22(25)27)23(28)26(19-12-6-3-7-13-19)16-17-9-4-2-5-10-17/h2-15H,16H2,1H3. The summed E-state index contributed by atoms with van der Waals surface area (Å²) in [7, 11) is 1.64. The third-order valence-corrected chi connectivity index (χ3v) is 4.70. The van der Waals surface area contributed by atoms with Crippen LogP contribution in [0.15, 0.2) is 89.9 Å². The summed E-state index contributed by atoms with van der Waals surface area (Å²) < 4.78 is 1.42. The topological polar surface area (TPSA) is 55.2 Å². The average molecular weight is 369 g/mol. The highest BCUT2D eigenvalue weighted by molar-refractivity contribution is 6.07. The summed E-state index contributed by atoms with van der Waals surface area (Å²) in [6, 6.07) is 24.4. The Hall–Kier alpha value is -3.73. The van der Waals surface area contributed by atoms with Crippen LogP contribution in [0.3, 0.4) is 0 Å². The van der Waals surface area contributed by atoms with E-state index in [4.69, 9.17) is 0 Å². The number of benzene rings is 2. The molecule has 0 unspecified atom stereocenters. The summed E-state index contributed by atoms with van der Waals surface area (Å²) in [4.78, 5) is 32.2. The summed E-state index contributed by atoms with van der Waals surface area (Å²) in [6.45, 7) is 0.373. The lowest BCUT2D eigenvalue weighted by atomic mass is 10.1. The molecule has 0 fully saturated rings. The van der Waals surface area contributed by atoms with Crippen molar-refractivity contribution in [2.75, 3.05) is 4.90 Å². The van der Waals surface area contributed by atoms with Crippen molar-refractivity contribution in [3.05, 3.63) is 107 Å². The Bertz CT molecular complexity index is 1180. The highest BCUT2D eigenvalue weighted by Gasteiger charge is 2.22. The van der Waals surface area contributed by atoms with Crippen molar-refractivity contribution in [1.29, 1.82) is 0 Å². The third kappa shape index (κ3) is 3.30. The lowest BCUT2D eigenvalue weighted by molar-refractivity contribution is 0.0983. The molecule has 0 spiro atoms. The van der Waals surface area contributed by atoms with E-state index in [1.807, 2.05) is 66.7 Å². The third-order valence-electron chi connectivity index (χ3n) is 4.70. The van der Waals surface area contributed by atoms with Crippen LogP contribution >= 0.6 is 0 Å². The number of nitrogens with zero attached hydrogens (tertiary/aromatic N) is 3. The summed E-state index contributed by atoms with van der Waals surface area (Å²) in [6.07, 6.45) is 1.63. The lowest BCUT2D eigenvalue weighted by Crippen LogP contribution is -2.36. The Labute approximate surface area is 162 Å². The van der Waals surface area contributed by atoms with Gasteiger partial charge in [-0.05, 0) is 35.9 Å². The summed E-state index contributed by atoms with van der Waals surface area (Å²) in [5.74, 6) is -0.332. The minimum atomic E-state index is -0.356. The molecule has 0 N–H and O–H groups in total. The van der Waals surface area contributed by atoms with Crippen LogP contribution in [0.4, 0.5) is 5.69 Å². The molecule has 0 aliphatic carbocycles. The van der Waals surface area contributed by atoms with Gasteiger partial charge in [0, 0.05) is 24.3 Å². The predicted octanol–water partition coefficient (Wildman–Crippen LogP) is 3.78. The molecule has 138 valence electrons. The second-order valence-corrected chi connectivity index (χ2v) is 6.55. The number of amides is 1. The van der Waals surface area contributed by atoms with Crippen molar-refractivity contribution in [3.8, 4) is 0 Å². The van der Waals surface area contributed by atoms with Gasteiger partial charge in [-0.3, -0.25) is 14.2 Å². The van der Waals surface area contributed by atoms with E-state index in [9.17, 15) is 9.59 Å². The monoisotopic (exact) mass is 369 g/mol. The molecule has 2 heterocycles. The molecule has 5 nitrogen and oxygen atoms in total. The zero-order chi connectivity index (χ0) is 19.5. The fraction of sp³-hybridized carbons (Fsp3) is 0.0870. The van der Waals surface area contributed by atoms with Crippen LogP contribution in [0.2, 0.25) is 0 Å². The molecule has 2 aromatic carbocycles. The molecule has 0 bridgehead atoms. The van der Waals surface area contributed by atoms with E-state index >= 15 is 0 Å². The van der Waals surface area contributed by atoms with E-state index < -0.39 is 0 Å². The molecule has 2 aromatic heterocycles. The molecular weight excluding hydrogens is 350 g/mol. The zero-order valence-corrected chi connectivity index (χ0v) is 15.4. The van der Waals surface area contributed by atoms with Crippen LogP contribution in [-0.4, -0.2) is 15.5 Å². The molecule has 0 atom stereocenters. The normalized spacial score (nSPS) is 10.8. The molecule has 0 saturated heterocycles. The fourth-order valence-electron chi connectivity index (χ4n) is 3.25. The van der Waals surface area contributed by atoms with Crippen LogP contribution in [0.25, 0.3) is 11.0 Å². The number of aryl methyl sites for hydroxylation is 1. The second-order valence-electron chi connectivity index (χ2n) is 6.55. The Morgan fingerprint density at radius 1 is 0.964 bits per heavy atom. The highest BCUT2D eigenvalue weighted by Crippen LogP contribution is 2.20. The number of anilines is 1.